The molecule has 0 heterocycles. The Morgan fingerprint density at radius 3 is 2.44 bits per heavy atom. The van der Waals surface area contributed by atoms with E-state index in [-0.39, 0.29) is 28.7 Å². The van der Waals surface area contributed by atoms with Crippen LogP contribution in [0.25, 0.3) is 0 Å². The predicted octanol–water partition coefficient (Wildman–Crippen LogP) is 3.29. The number of aryl methyl sites for hydroxylation is 1. The molecule has 0 radical (unpaired) electrons. The first-order valence-electron chi connectivity index (χ1n) is 8.99. The van der Waals surface area contributed by atoms with Gasteiger partial charge < -0.3 is 14.8 Å². The van der Waals surface area contributed by atoms with Crippen molar-refractivity contribution in [1.82, 2.24) is 5.32 Å². The van der Waals surface area contributed by atoms with Gasteiger partial charge >= 0.3 is 0 Å². The van der Waals surface area contributed by atoms with E-state index in [4.69, 9.17) is 9.47 Å². The highest BCUT2D eigenvalue weighted by Crippen LogP contribution is 2.36. The van der Waals surface area contributed by atoms with Gasteiger partial charge in [0, 0.05) is 18.2 Å². The standard InChI is InChI=1S/C22H21NO4/c1-26-18-9-10-19(27-2)21-20(18)17(24)11-14(22(21)25)12-23-16-8-7-13-5-3-4-6-15(13)16/h3-6,9-11,16,23H,7-8,12H2,1-2H3. The molecule has 27 heavy (non-hydrogen) atoms. The van der Waals surface area contributed by atoms with Crippen molar-refractivity contribution >= 4 is 11.6 Å². The van der Waals surface area contributed by atoms with Gasteiger partial charge in [-0.2, -0.15) is 0 Å². The first kappa shape index (κ1) is 17.5. The number of carbonyl (C=O) groups excluding carboxylic acids is 2. The summed E-state index contributed by atoms with van der Waals surface area (Å²) < 4.78 is 10.6. The second-order valence-electron chi connectivity index (χ2n) is 6.75. The van der Waals surface area contributed by atoms with Gasteiger partial charge in [-0.05, 0) is 42.2 Å². The first-order chi connectivity index (χ1) is 13.1. The normalized spacial score (nSPS) is 18.0. The van der Waals surface area contributed by atoms with E-state index < -0.39 is 0 Å². The van der Waals surface area contributed by atoms with Gasteiger partial charge in [0.25, 0.3) is 0 Å². The Morgan fingerprint density at radius 2 is 1.70 bits per heavy atom. The van der Waals surface area contributed by atoms with Crippen LogP contribution in [0.2, 0.25) is 0 Å². The van der Waals surface area contributed by atoms with Gasteiger partial charge in [-0.1, -0.05) is 24.3 Å². The lowest BCUT2D eigenvalue weighted by Crippen LogP contribution is -2.28. The molecule has 1 unspecified atom stereocenters. The number of ether oxygens (including phenoxy) is 2. The average Bonchev–Trinajstić information content (AvgIpc) is 3.11. The summed E-state index contributed by atoms with van der Waals surface area (Å²) >= 11 is 0. The minimum Gasteiger partial charge on any atom is -0.496 e. The summed E-state index contributed by atoms with van der Waals surface area (Å²) in [5, 5.41) is 3.44. The van der Waals surface area contributed by atoms with Crippen molar-refractivity contribution in [3.8, 4) is 11.5 Å². The molecule has 5 heteroatoms. The van der Waals surface area contributed by atoms with Crippen LogP contribution in [0.1, 0.15) is 44.3 Å². The molecule has 0 saturated carbocycles. The van der Waals surface area contributed by atoms with E-state index in [2.05, 4.69) is 17.4 Å². The smallest absolute Gasteiger partial charge is 0.195 e. The quantitative estimate of drug-likeness (QED) is 0.883. The third-order valence-corrected chi connectivity index (χ3v) is 5.31. The minimum absolute atomic E-state index is 0.193. The van der Waals surface area contributed by atoms with Crippen molar-refractivity contribution in [2.45, 2.75) is 18.9 Å². The fourth-order valence-corrected chi connectivity index (χ4v) is 3.96. The van der Waals surface area contributed by atoms with Gasteiger partial charge in [-0.15, -0.1) is 0 Å². The SMILES string of the molecule is COc1ccc(OC)c2c1C(=O)C=C(CNC1CCc3ccccc31)C2=O. The van der Waals surface area contributed by atoms with E-state index >= 15 is 0 Å². The van der Waals surface area contributed by atoms with E-state index in [1.165, 1.54) is 31.4 Å². The molecule has 1 atom stereocenters. The van der Waals surface area contributed by atoms with E-state index in [1.807, 2.05) is 12.1 Å². The van der Waals surface area contributed by atoms with Crippen LogP contribution in [0.3, 0.4) is 0 Å². The molecular formula is C22H21NO4. The van der Waals surface area contributed by atoms with Crippen molar-refractivity contribution in [3.05, 3.63) is 70.3 Å². The van der Waals surface area contributed by atoms with E-state index in [0.717, 1.165) is 12.8 Å². The van der Waals surface area contributed by atoms with E-state index in [0.29, 0.717) is 23.6 Å². The number of fused-ring (bicyclic) bond motifs is 2. The molecule has 138 valence electrons. The molecule has 2 aliphatic carbocycles. The van der Waals surface area contributed by atoms with Crippen LogP contribution < -0.4 is 14.8 Å². The molecule has 4 rings (SSSR count). The lowest BCUT2D eigenvalue weighted by molar-refractivity contribution is 0.0976. The molecule has 2 aliphatic rings. The second-order valence-corrected chi connectivity index (χ2v) is 6.75. The maximum absolute atomic E-state index is 13.1. The van der Waals surface area contributed by atoms with E-state index in [9.17, 15) is 9.59 Å². The zero-order chi connectivity index (χ0) is 19.0. The number of benzene rings is 2. The van der Waals surface area contributed by atoms with Crippen LogP contribution in [-0.4, -0.2) is 32.3 Å². The van der Waals surface area contributed by atoms with Crippen molar-refractivity contribution in [1.29, 1.82) is 0 Å². The molecule has 0 saturated heterocycles. The van der Waals surface area contributed by atoms with Crippen LogP contribution in [0.5, 0.6) is 11.5 Å². The number of hydrogen-bond donors (Lipinski definition) is 1. The summed E-state index contributed by atoms with van der Waals surface area (Å²) in [6.45, 7) is 0.337. The molecular weight excluding hydrogens is 342 g/mol. The molecule has 0 bridgehead atoms. The van der Waals surface area contributed by atoms with Gasteiger partial charge in [0.1, 0.15) is 11.5 Å². The van der Waals surface area contributed by atoms with Gasteiger partial charge in [0.2, 0.25) is 0 Å². The molecule has 0 aliphatic heterocycles. The number of ketones is 2. The summed E-state index contributed by atoms with van der Waals surface area (Å²) in [6, 6.07) is 11.8. The Bertz CT molecular complexity index is 961. The van der Waals surface area contributed by atoms with Gasteiger partial charge in [-0.3, -0.25) is 9.59 Å². The Hall–Kier alpha value is -2.92. The molecule has 2 aromatic carbocycles. The first-order valence-corrected chi connectivity index (χ1v) is 8.99. The van der Waals surface area contributed by atoms with Gasteiger partial charge in [-0.25, -0.2) is 0 Å². The number of hydrogen-bond acceptors (Lipinski definition) is 5. The van der Waals surface area contributed by atoms with Crippen LogP contribution in [0.15, 0.2) is 48.0 Å². The zero-order valence-corrected chi connectivity index (χ0v) is 15.4. The van der Waals surface area contributed by atoms with Gasteiger partial charge in [0.05, 0.1) is 25.3 Å². The molecule has 5 nitrogen and oxygen atoms in total. The summed E-state index contributed by atoms with van der Waals surface area (Å²) in [6.07, 6.45) is 3.43. The minimum atomic E-state index is -0.232. The highest BCUT2D eigenvalue weighted by Gasteiger charge is 2.32. The van der Waals surface area contributed by atoms with Crippen molar-refractivity contribution < 1.29 is 19.1 Å². The van der Waals surface area contributed by atoms with Crippen LogP contribution >= 0.6 is 0 Å². The molecule has 0 amide bonds. The summed E-state index contributed by atoms with van der Waals surface area (Å²) in [5.74, 6) is 0.348. The zero-order valence-electron chi connectivity index (χ0n) is 15.4. The number of Topliss-reactive ketones (excluding diaryl/α,β-unsaturated/α-hetero) is 1. The van der Waals surface area contributed by atoms with Crippen molar-refractivity contribution in [2.24, 2.45) is 0 Å². The summed E-state index contributed by atoms with van der Waals surface area (Å²) in [7, 11) is 2.98. The predicted molar refractivity (Wildman–Crippen MR) is 102 cm³/mol. The Balaban J connectivity index is 1.60. The molecule has 0 fully saturated rings. The lowest BCUT2D eigenvalue weighted by Gasteiger charge is -2.21. The Morgan fingerprint density at radius 1 is 1.00 bits per heavy atom. The molecule has 1 N–H and O–H groups in total. The second kappa shape index (κ2) is 7.00. The highest BCUT2D eigenvalue weighted by atomic mass is 16.5. The third kappa shape index (κ3) is 2.94. The van der Waals surface area contributed by atoms with Crippen molar-refractivity contribution in [2.75, 3.05) is 20.8 Å². The summed E-state index contributed by atoms with van der Waals surface area (Å²) in [5.41, 5.74) is 3.62. The maximum atomic E-state index is 13.1. The topological polar surface area (TPSA) is 64.6 Å². The van der Waals surface area contributed by atoms with Gasteiger partial charge in [0.15, 0.2) is 11.6 Å². The largest absolute Gasteiger partial charge is 0.496 e. The number of rotatable bonds is 5. The maximum Gasteiger partial charge on any atom is 0.195 e. The fraction of sp³-hybridized carbons (Fsp3) is 0.273. The molecule has 2 aromatic rings. The fourth-order valence-electron chi connectivity index (χ4n) is 3.96. The van der Waals surface area contributed by atoms with Crippen LogP contribution in [0.4, 0.5) is 0 Å². The highest BCUT2D eigenvalue weighted by molar-refractivity contribution is 6.26. The number of methoxy groups -OCH3 is 2. The molecule has 0 spiro atoms. The monoisotopic (exact) mass is 363 g/mol. The Kier molecular flexibility index (Phi) is 4.54. The Labute approximate surface area is 158 Å². The van der Waals surface area contributed by atoms with E-state index in [1.54, 1.807) is 12.1 Å². The number of carbonyl (C=O) groups is 2. The average molecular weight is 363 g/mol. The van der Waals surface area contributed by atoms with Crippen LogP contribution in [0, 0.1) is 0 Å². The molecule has 0 aromatic heterocycles. The lowest BCUT2D eigenvalue weighted by atomic mass is 9.88. The number of nitrogens with one attached hydrogen (secondary N) is 1. The van der Waals surface area contributed by atoms with Crippen molar-refractivity contribution in [3.63, 3.8) is 0 Å². The third-order valence-electron chi connectivity index (χ3n) is 5.31. The summed E-state index contributed by atoms with van der Waals surface area (Å²) in [4.78, 5) is 25.8. The number of allylic oxidation sites excluding steroid dienone is 1. The van der Waals surface area contributed by atoms with Crippen LogP contribution in [-0.2, 0) is 6.42 Å².